The summed E-state index contributed by atoms with van der Waals surface area (Å²) in [5.41, 5.74) is 5.51. The lowest BCUT2D eigenvalue weighted by Crippen LogP contribution is -2.10. The number of thiophene rings is 1. The summed E-state index contributed by atoms with van der Waals surface area (Å²) in [6, 6.07) is 19.1. The molecule has 8 bridgehead atoms. The van der Waals surface area contributed by atoms with Crippen LogP contribution >= 0.6 is 11.3 Å². The zero-order valence-corrected chi connectivity index (χ0v) is 16.3. The van der Waals surface area contributed by atoms with Crippen LogP contribution in [0.25, 0.3) is 34.7 Å². The fourth-order valence-electron chi connectivity index (χ4n) is 3.77. The second-order valence-electron chi connectivity index (χ2n) is 7.21. The van der Waals surface area contributed by atoms with Crippen LogP contribution in [0.1, 0.15) is 22.8 Å². The Hall–Kier alpha value is -3.70. The van der Waals surface area contributed by atoms with E-state index in [1.54, 1.807) is 11.3 Å². The van der Waals surface area contributed by atoms with E-state index >= 15 is 0 Å². The van der Waals surface area contributed by atoms with Crippen molar-refractivity contribution in [3.05, 3.63) is 104 Å². The highest BCUT2D eigenvalue weighted by Gasteiger charge is 2.09. The van der Waals surface area contributed by atoms with Crippen LogP contribution in [0.5, 0.6) is 0 Å². The van der Waals surface area contributed by atoms with E-state index in [-0.39, 0.29) is 0 Å². The van der Waals surface area contributed by atoms with Gasteiger partial charge in [0.2, 0.25) is 0 Å². The van der Waals surface area contributed by atoms with Gasteiger partial charge in [0.25, 0.3) is 0 Å². The van der Waals surface area contributed by atoms with Crippen molar-refractivity contribution in [3.8, 4) is 10.4 Å². The van der Waals surface area contributed by atoms with E-state index in [0.29, 0.717) is 0 Å². The first-order valence-corrected chi connectivity index (χ1v) is 10.4. The molecule has 5 aromatic rings. The van der Waals surface area contributed by atoms with E-state index in [1.807, 2.05) is 0 Å². The maximum Gasteiger partial charge on any atom is 0.0493 e. The highest BCUT2D eigenvalue weighted by atomic mass is 32.1. The summed E-state index contributed by atoms with van der Waals surface area (Å²) < 4.78 is 0. The molecule has 4 N–H and O–H groups in total. The van der Waals surface area contributed by atoms with Gasteiger partial charge in [0.15, 0.2) is 0 Å². The van der Waals surface area contributed by atoms with Crippen molar-refractivity contribution in [2.45, 2.75) is 0 Å². The zero-order chi connectivity index (χ0) is 19.2. The third-order valence-electron chi connectivity index (χ3n) is 5.08. The second-order valence-corrected chi connectivity index (χ2v) is 8.16. The van der Waals surface area contributed by atoms with Crippen LogP contribution in [0, 0.1) is 0 Å². The van der Waals surface area contributed by atoms with Crippen LogP contribution in [-0.2, 0) is 0 Å². The van der Waals surface area contributed by atoms with Gasteiger partial charge in [0.1, 0.15) is 0 Å². The van der Waals surface area contributed by atoms with Crippen molar-refractivity contribution in [1.29, 1.82) is 0 Å². The van der Waals surface area contributed by atoms with Gasteiger partial charge in [-0.05, 0) is 78.2 Å². The minimum atomic E-state index is 1.06. The monoisotopic (exact) mass is 394 g/mol. The third-order valence-corrected chi connectivity index (χ3v) is 5.99. The van der Waals surface area contributed by atoms with Gasteiger partial charge < -0.3 is 19.9 Å². The molecule has 0 spiro atoms. The SMILES string of the molecule is C1=c2ccc([nH]2)=Cc2cc(-c3cccs3)c([nH]2)C=c2ccc([nH]2)=Cc2ccc1[nH]2. The predicted molar refractivity (Wildman–Crippen MR) is 119 cm³/mol. The van der Waals surface area contributed by atoms with Gasteiger partial charge in [-0.25, -0.2) is 0 Å². The van der Waals surface area contributed by atoms with E-state index in [2.05, 4.69) is 104 Å². The lowest BCUT2D eigenvalue weighted by Gasteiger charge is -1.95. The summed E-state index contributed by atoms with van der Waals surface area (Å²) in [5.74, 6) is 0. The smallest absolute Gasteiger partial charge is 0.0493 e. The Labute approximate surface area is 170 Å². The Balaban J connectivity index is 1.64. The maximum absolute atomic E-state index is 3.58. The summed E-state index contributed by atoms with van der Waals surface area (Å²) in [5, 5.41) is 6.37. The molecule has 0 radical (unpaired) electrons. The molecule has 0 amide bonds. The van der Waals surface area contributed by atoms with E-state index < -0.39 is 0 Å². The highest BCUT2D eigenvalue weighted by Crippen LogP contribution is 2.29. The molecule has 140 valence electrons. The molecule has 0 unspecified atom stereocenters. The number of fused-ring (bicyclic) bond motifs is 8. The molecule has 0 aromatic carbocycles. The van der Waals surface area contributed by atoms with Crippen LogP contribution in [-0.4, -0.2) is 19.9 Å². The summed E-state index contributed by atoms with van der Waals surface area (Å²) in [6.45, 7) is 0. The minimum absolute atomic E-state index is 1.06. The molecule has 0 saturated heterocycles. The Morgan fingerprint density at radius 1 is 0.552 bits per heavy atom. The van der Waals surface area contributed by atoms with Crippen molar-refractivity contribution in [3.63, 3.8) is 0 Å². The first kappa shape index (κ1) is 16.3. The molecule has 5 aromatic heterocycles. The van der Waals surface area contributed by atoms with Crippen molar-refractivity contribution < 1.29 is 0 Å². The molecule has 6 heterocycles. The maximum atomic E-state index is 3.58. The predicted octanol–water partition coefficient (Wildman–Crippen LogP) is 2.36. The van der Waals surface area contributed by atoms with Gasteiger partial charge >= 0.3 is 0 Å². The van der Waals surface area contributed by atoms with Crippen LogP contribution < -0.4 is 21.4 Å². The Bertz CT molecular complexity index is 1550. The molecule has 0 atom stereocenters. The first-order chi connectivity index (χ1) is 14.3. The lowest BCUT2D eigenvalue weighted by atomic mass is 10.2. The molecule has 6 rings (SSSR count). The van der Waals surface area contributed by atoms with Gasteiger partial charge in [-0.15, -0.1) is 11.3 Å². The molecule has 0 fully saturated rings. The van der Waals surface area contributed by atoms with Crippen molar-refractivity contribution in [2.75, 3.05) is 0 Å². The molecule has 0 saturated carbocycles. The minimum Gasteiger partial charge on any atom is -0.355 e. The summed E-state index contributed by atoms with van der Waals surface area (Å²) in [7, 11) is 0. The molecule has 29 heavy (non-hydrogen) atoms. The summed E-state index contributed by atoms with van der Waals surface area (Å²) >= 11 is 1.75. The van der Waals surface area contributed by atoms with E-state index in [9.17, 15) is 0 Å². The van der Waals surface area contributed by atoms with E-state index in [0.717, 1.165) is 44.2 Å². The zero-order valence-electron chi connectivity index (χ0n) is 15.5. The lowest BCUT2D eigenvalue weighted by molar-refractivity contribution is 1.23. The van der Waals surface area contributed by atoms with Gasteiger partial charge in [-0.1, -0.05) is 6.07 Å². The Morgan fingerprint density at radius 2 is 1.17 bits per heavy atom. The van der Waals surface area contributed by atoms with E-state index in [1.165, 1.54) is 10.4 Å². The van der Waals surface area contributed by atoms with Crippen LogP contribution in [0.15, 0.2) is 60.0 Å². The Kier molecular flexibility index (Phi) is 3.61. The fraction of sp³-hybridized carbons (Fsp3) is 0. The standard InChI is InChI=1S/C24H18N4S/c1-2-24(29-9-1)22-13-21-12-19-6-5-17(26-19)10-15-3-4-16(25-15)11-18-7-8-20(27-18)14-23(22)28-21/h1-14,25-28H. The molecular weight excluding hydrogens is 376 g/mol. The highest BCUT2D eigenvalue weighted by molar-refractivity contribution is 7.13. The number of hydrogen-bond donors (Lipinski definition) is 4. The van der Waals surface area contributed by atoms with Crippen molar-refractivity contribution in [1.82, 2.24) is 19.9 Å². The fourth-order valence-corrected chi connectivity index (χ4v) is 4.53. The first-order valence-electron chi connectivity index (χ1n) is 9.51. The van der Waals surface area contributed by atoms with Crippen LogP contribution in [0.4, 0.5) is 0 Å². The van der Waals surface area contributed by atoms with Crippen molar-refractivity contribution in [2.24, 2.45) is 0 Å². The molecule has 4 nitrogen and oxygen atoms in total. The van der Waals surface area contributed by atoms with Gasteiger partial charge in [-0.2, -0.15) is 0 Å². The average Bonchev–Trinajstić information content (AvgIpc) is 3.50. The number of rotatable bonds is 1. The largest absolute Gasteiger partial charge is 0.355 e. The van der Waals surface area contributed by atoms with Crippen molar-refractivity contribution >= 4 is 35.6 Å². The van der Waals surface area contributed by atoms with Crippen LogP contribution in [0.3, 0.4) is 0 Å². The number of nitrogens with one attached hydrogen (secondary N) is 4. The molecular formula is C24H18N4S. The molecule has 5 heteroatoms. The van der Waals surface area contributed by atoms with Gasteiger partial charge in [0, 0.05) is 54.6 Å². The molecule has 0 aliphatic carbocycles. The van der Waals surface area contributed by atoms with E-state index in [4.69, 9.17) is 0 Å². The number of aromatic nitrogens is 4. The molecule has 1 aliphatic rings. The number of hydrogen-bond acceptors (Lipinski definition) is 1. The summed E-state index contributed by atoms with van der Waals surface area (Å²) in [4.78, 5) is 15.2. The normalized spacial score (nSPS) is 12.6. The van der Waals surface area contributed by atoms with Gasteiger partial charge in [0.05, 0.1) is 0 Å². The topological polar surface area (TPSA) is 63.2 Å². The quantitative estimate of drug-likeness (QED) is 0.331. The van der Waals surface area contributed by atoms with Gasteiger partial charge in [-0.3, -0.25) is 0 Å². The third kappa shape index (κ3) is 3.11. The summed E-state index contributed by atoms with van der Waals surface area (Å²) in [6.07, 6.45) is 8.55. The number of H-pyrrole nitrogens is 4. The average molecular weight is 395 g/mol. The second kappa shape index (κ2) is 6.43. The van der Waals surface area contributed by atoms with Crippen LogP contribution in [0.2, 0.25) is 0 Å². The molecule has 1 aliphatic heterocycles. The number of aromatic amines is 4. The Morgan fingerprint density at radius 3 is 1.79 bits per heavy atom.